The van der Waals surface area contributed by atoms with E-state index >= 15 is 0 Å². The molecule has 2 aromatic carbocycles. The van der Waals surface area contributed by atoms with Crippen molar-refractivity contribution in [1.82, 2.24) is 4.90 Å². The Morgan fingerprint density at radius 1 is 1.08 bits per heavy atom. The van der Waals surface area contributed by atoms with E-state index in [-0.39, 0.29) is 18.4 Å². The third-order valence-electron chi connectivity index (χ3n) is 4.60. The van der Waals surface area contributed by atoms with Crippen LogP contribution in [-0.4, -0.2) is 37.7 Å². The highest BCUT2D eigenvalue weighted by Gasteiger charge is 2.31. The van der Waals surface area contributed by atoms with Gasteiger partial charge in [0.05, 0.1) is 13.7 Å². The summed E-state index contributed by atoms with van der Waals surface area (Å²) in [5, 5.41) is 0. The highest BCUT2D eigenvalue weighted by molar-refractivity contribution is 5.85. The van der Waals surface area contributed by atoms with Crippen LogP contribution in [0.15, 0.2) is 48.5 Å². The molecule has 3 rings (SSSR count). The van der Waals surface area contributed by atoms with Gasteiger partial charge in [-0.3, -0.25) is 4.90 Å². The minimum Gasteiger partial charge on any atom is -0.493 e. The van der Waals surface area contributed by atoms with E-state index in [2.05, 4.69) is 41.3 Å². The van der Waals surface area contributed by atoms with E-state index in [4.69, 9.17) is 15.2 Å². The molecule has 0 unspecified atom stereocenters. The van der Waals surface area contributed by atoms with Crippen LogP contribution in [-0.2, 0) is 6.54 Å². The quantitative estimate of drug-likeness (QED) is 0.855. The van der Waals surface area contributed by atoms with Crippen molar-refractivity contribution in [2.24, 2.45) is 5.73 Å². The molecule has 0 aromatic heterocycles. The maximum Gasteiger partial charge on any atom is 0.161 e. The smallest absolute Gasteiger partial charge is 0.161 e. The van der Waals surface area contributed by atoms with Gasteiger partial charge < -0.3 is 15.2 Å². The first kappa shape index (κ1) is 19.6. The van der Waals surface area contributed by atoms with Crippen molar-refractivity contribution in [3.05, 3.63) is 59.7 Å². The summed E-state index contributed by atoms with van der Waals surface area (Å²) >= 11 is 0. The molecule has 1 fully saturated rings. The highest BCUT2D eigenvalue weighted by atomic mass is 35.5. The standard InChI is InChI=1S/C20H26N2O2.ClH/c1-3-24-19-10-9-15(11-20(19)23-2)12-22-13-17(18(21)14-22)16-7-5-4-6-8-16;/h4-11,17-18H,3,12-14,21H2,1-2H3;1H/t17-,18+;/m0./s1. The molecule has 1 saturated heterocycles. The highest BCUT2D eigenvalue weighted by Crippen LogP contribution is 2.31. The third kappa shape index (κ3) is 4.66. The van der Waals surface area contributed by atoms with E-state index in [0.29, 0.717) is 12.5 Å². The maximum absolute atomic E-state index is 6.39. The molecule has 1 heterocycles. The number of ether oxygens (including phenoxy) is 2. The van der Waals surface area contributed by atoms with Gasteiger partial charge in [0.15, 0.2) is 11.5 Å². The molecule has 1 aliphatic heterocycles. The second-order valence-corrected chi connectivity index (χ2v) is 6.29. The zero-order valence-electron chi connectivity index (χ0n) is 14.9. The topological polar surface area (TPSA) is 47.7 Å². The molecule has 1 aliphatic rings. The molecule has 4 nitrogen and oxygen atoms in total. The Morgan fingerprint density at radius 3 is 2.52 bits per heavy atom. The van der Waals surface area contributed by atoms with Gasteiger partial charge in [0, 0.05) is 31.6 Å². The Kier molecular flexibility index (Phi) is 7.12. The van der Waals surface area contributed by atoms with Gasteiger partial charge in [0.2, 0.25) is 0 Å². The van der Waals surface area contributed by atoms with Gasteiger partial charge in [-0.25, -0.2) is 0 Å². The molecule has 0 bridgehead atoms. The second kappa shape index (κ2) is 9.09. The van der Waals surface area contributed by atoms with Gasteiger partial charge in [0.1, 0.15) is 0 Å². The molecular weight excluding hydrogens is 336 g/mol. The van der Waals surface area contributed by atoms with Gasteiger partial charge >= 0.3 is 0 Å². The van der Waals surface area contributed by atoms with Gasteiger partial charge in [-0.15, -0.1) is 12.4 Å². The molecule has 25 heavy (non-hydrogen) atoms. The average molecular weight is 363 g/mol. The van der Waals surface area contributed by atoms with Crippen molar-refractivity contribution in [3.63, 3.8) is 0 Å². The largest absolute Gasteiger partial charge is 0.493 e. The number of likely N-dealkylation sites (tertiary alicyclic amines) is 1. The number of nitrogens with zero attached hydrogens (tertiary/aromatic N) is 1. The lowest BCUT2D eigenvalue weighted by Crippen LogP contribution is -2.28. The minimum absolute atomic E-state index is 0. The summed E-state index contributed by atoms with van der Waals surface area (Å²) in [6.45, 7) is 5.38. The second-order valence-electron chi connectivity index (χ2n) is 6.29. The first-order valence-corrected chi connectivity index (χ1v) is 8.54. The molecule has 0 radical (unpaired) electrons. The van der Waals surface area contributed by atoms with Crippen molar-refractivity contribution in [3.8, 4) is 11.5 Å². The van der Waals surface area contributed by atoms with Gasteiger partial charge in [-0.2, -0.15) is 0 Å². The first-order chi connectivity index (χ1) is 11.7. The number of halogens is 1. The fourth-order valence-electron chi connectivity index (χ4n) is 3.44. The van der Waals surface area contributed by atoms with E-state index in [1.165, 1.54) is 11.1 Å². The lowest BCUT2D eigenvalue weighted by Gasteiger charge is -2.17. The Balaban J connectivity index is 0.00000225. The summed E-state index contributed by atoms with van der Waals surface area (Å²) in [5.74, 6) is 1.98. The van der Waals surface area contributed by atoms with Gasteiger partial charge in [-0.1, -0.05) is 36.4 Å². The molecule has 2 atom stereocenters. The van der Waals surface area contributed by atoms with Crippen LogP contribution < -0.4 is 15.2 Å². The minimum atomic E-state index is 0. The molecular formula is C20H27ClN2O2. The van der Waals surface area contributed by atoms with Crippen LogP contribution in [0.1, 0.15) is 24.0 Å². The predicted molar refractivity (Wildman–Crippen MR) is 104 cm³/mol. The molecule has 2 N–H and O–H groups in total. The van der Waals surface area contributed by atoms with Gasteiger partial charge in [0.25, 0.3) is 0 Å². The lowest BCUT2D eigenvalue weighted by atomic mass is 9.95. The summed E-state index contributed by atoms with van der Waals surface area (Å²) in [4.78, 5) is 2.41. The summed E-state index contributed by atoms with van der Waals surface area (Å²) in [7, 11) is 1.68. The SMILES string of the molecule is CCOc1ccc(CN2C[C@@H](N)[C@H](c3ccccc3)C2)cc1OC.Cl. The monoisotopic (exact) mass is 362 g/mol. The third-order valence-corrected chi connectivity index (χ3v) is 4.60. The Labute approximate surface area is 156 Å². The predicted octanol–water partition coefficient (Wildman–Crippen LogP) is 3.44. The zero-order chi connectivity index (χ0) is 16.9. The number of nitrogens with two attached hydrogens (primary N) is 1. The molecule has 2 aromatic rings. The van der Waals surface area contributed by atoms with E-state index < -0.39 is 0 Å². The Morgan fingerprint density at radius 2 is 1.84 bits per heavy atom. The van der Waals surface area contributed by atoms with Crippen molar-refractivity contribution in [2.75, 3.05) is 26.8 Å². The van der Waals surface area contributed by atoms with Crippen molar-refractivity contribution < 1.29 is 9.47 Å². The number of rotatable bonds is 6. The Hall–Kier alpha value is -1.75. The fraction of sp³-hybridized carbons (Fsp3) is 0.400. The van der Waals surface area contributed by atoms with Crippen LogP contribution in [0.25, 0.3) is 0 Å². The fourth-order valence-corrected chi connectivity index (χ4v) is 3.44. The maximum atomic E-state index is 6.39. The van der Waals surface area contributed by atoms with Crippen molar-refractivity contribution in [2.45, 2.75) is 25.4 Å². The molecule has 136 valence electrons. The van der Waals surface area contributed by atoms with E-state index in [1.807, 2.05) is 19.1 Å². The number of methoxy groups -OCH3 is 1. The molecule has 5 heteroatoms. The van der Waals surface area contributed by atoms with Crippen LogP contribution in [0, 0.1) is 0 Å². The van der Waals surface area contributed by atoms with Crippen LogP contribution in [0.5, 0.6) is 11.5 Å². The summed E-state index contributed by atoms with van der Waals surface area (Å²) in [6.07, 6.45) is 0. The molecule has 0 amide bonds. The first-order valence-electron chi connectivity index (χ1n) is 8.54. The van der Waals surface area contributed by atoms with E-state index in [0.717, 1.165) is 31.1 Å². The van der Waals surface area contributed by atoms with Crippen LogP contribution in [0.3, 0.4) is 0 Å². The summed E-state index contributed by atoms with van der Waals surface area (Å²) in [5.41, 5.74) is 8.94. The average Bonchev–Trinajstić information content (AvgIpc) is 2.97. The zero-order valence-corrected chi connectivity index (χ0v) is 15.7. The number of hydrogen-bond donors (Lipinski definition) is 1. The van der Waals surface area contributed by atoms with Crippen molar-refractivity contribution in [1.29, 1.82) is 0 Å². The number of benzene rings is 2. The van der Waals surface area contributed by atoms with E-state index in [1.54, 1.807) is 7.11 Å². The molecule has 0 aliphatic carbocycles. The number of hydrogen-bond acceptors (Lipinski definition) is 4. The summed E-state index contributed by atoms with van der Waals surface area (Å²) < 4.78 is 11.0. The Bertz CT molecular complexity index is 666. The van der Waals surface area contributed by atoms with Crippen LogP contribution in [0.4, 0.5) is 0 Å². The van der Waals surface area contributed by atoms with E-state index in [9.17, 15) is 0 Å². The van der Waals surface area contributed by atoms with Crippen LogP contribution >= 0.6 is 12.4 Å². The normalized spacial score (nSPS) is 20.1. The molecule has 0 spiro atoms. The van der Waals surface area contributed by atoms with Gasteiger partial charge in [-0.05, 0) is 30.2 Å². The van der Waals surface area contributed by atoms with Crippen molar-refractivity contribution >= 4 is 12.4 Å². The lowest BCUT2D eigenvalue weighted by molar-refractivity contribution is 0.306. The molecule has 0 saturated carbocycles. The van der Waals surface area contributed by atoms with Crippen LogP contribution in [0.2, 0.25) is 0 Å². The summed E-state index contributed by atoms with van der Waals surface area (Å²) in [6, 6.07) is 16.9.